The fourth-order valence-corrected chi connectivity index (χ4v) is 1.02. The summed E-state index contributed by atoms with van der Waals surface area (Å²) in [5, 5.41) is 18.8. The van der Waals surface area contributed by atoms with Crippen LogP contribution >= 0.6 is 0 Å². The Morgan fingerprint density at radius 2 is 2.00 bits per heavy atom. The fraction of sp³-hybridized carbons (Fsp3) is 0.333. The number of hydrogen-bond donors (Lipinski definition) is 3. The highest BCUT2D eigenvalue weighted by Gasteiger charge is 2.04. The molecule has 0 unspecified atom stereocenters. The summed E-state index contributed by atoms with van der Waals surface area (Å²) in [4.78, 5) is 4.63. The van der Waals surface area contributed by atoms with Gasteiger partial charge in [-0.05, 0) is 24.6 Å². The Labute approximate surface area is 76.7 Å². The van der Waals surface area contributed by atoms with Crippen LogP contribution in [0.25, 0.3) is 0 Å². The molecule has 0 amide bonds. The summed E-state index contributed by atoms with van der Waals surface area (Å²) in [7, 11) is 1.49. The van der Waals surface area contributed by atoms with Crippen molar-refractivity contribution in [3.8, 4) is 11.5 Å². The number of hydrogen-bond acceptors (Lipinski definition) is 4. The van der Waals surface area contributed by atoms with Crippen LogP contribution in [0.4, 0.5) is 0 Å². The third-order valence-corrected chi connectivity index (χ3v) is 1.80. The van der Waals surface area contributed by atoms with Crippen molar-refractivity contribution in [2.75, 3.05) is 7.11 Å². The molecule has 0 spiro atoms. The highest BCUT2D eigenvalue weighted by Crippen LogP contribution is 2.26. The Morgan fingerprint density at radius 3 is 2.62 bits per heavy atom. The first kappa shape index (κ1) is 9.83. The molecule has 0 aliphatic rings. The van der Waals surface area contributed by atoms with E-state index in [4.69, 9.17) is 0 Å². The number of phenolic OH excluding ortho intramolecular Hbond substituents is 2. The molecular formula is C9H13NO3. The molecule has 1 aromatic carbocycles. The van der Waals surface area contributed by atoms with Crippen molar-refractivity contribution in [3.05, 3.63) is 23.3 Å². The van der Waals surface area contributed by atoms with Gasteiger partial charge in [0, 0.05) is 12.1 Å². The van der Waals surface area contributed by atoms with Gasteiger partial charge in [-0.1, -0.05) is 0 Å². The molecule has 0 radical (unpaired) electrons. The second kappa shape index (κ2) is 4.11. The van der Waals surface area contributed by atoms with Gasteiger partial charge in [-0.25, -0.2) is 0 Å². The molecule has 1 rings (SSSR count). The minimum Gasteiger partial charge on any atom is -0.508 e. The van der Waals surface area contributed by atoms with E-state index in [1.165, 1.54) is 19.2 Å². The Hall–Kier alpha value is -1.26. The van der Waals surface area contributed by atoms with E-state index >= 15 is 0 Å². The molecule has 1 aromatic rings. The van der Waals surface area contributed by atoms with Crippen molar-refractivity contribution in [2.45, 2.75) is 13.5 Å². The Kier molecular flexibility index (Phi) is 3.11. The number of benzene rings is 1. The van der Waals surface area contributed by atoms with Gasteiger partial charge < -0.3 is 15.1 Å². The zero-order chi connectivity index (χ0) is 9.84. The van der Waals surface area contributed by atoms with Crippen LogP contribution in [-0.4, -0.2) is 17.3 Å². The number of phenols is 2. The lowest BCUT2D eigenvalue weighted by Crippen LogP contribution is -2.10. The van der Waals surface area contributed by atoms with E-state index in [-0.39, 0.29) is 11.5 Å². The second-order valence-corrected chi connectivity index (χ2v) is 2.79. The summed E-state index contributed by atoms with van der Waals surface area (Å²) in [6.45, 7) is 2.08. The quantitative estimate of drug-likeness (QED) is 0.484. The topological polar surface area (TPSA) is 61.7 Å². The van der Waals surface area contributed by atoms with Crippen molar-refractivity contribution in [1.82, 2.24) is 5.48 Å². The first-order chi connectivity index (χ1) is 6.15. The minimum atomic E-state index is 0.153. The first-order valence-corrected chi connectivity index (χ1v) is 3.92. The summed E-state index contributed by atoms with van der Waals surface area (Å²) < 4.78 is 0. The summed E-state index contributed by atoms with van der Waals surface area (Å²) in [5.74, 6) is 0.325. The van der Waals surface area contributed by atoms with Gasteiger partial charge in [0.15, 0.2) is 0 Å². The molecule has 0 saturated carbocycles. The average Bonchev–Trinajstić information content (AvgIpc) is 2.09. The average molecular weight is 183 g/mol. The van der Waals surface area contributed by atoms with E-state index in [9.17, 15) is 10.2 Å². The molecule has 72 valence electrons. The molecular weight excluding hydrogens is 170 g/mol. The Bertz CT molecular complexity index is 299. The second-order valence-electron chi connectivity index (χ2n) is 2.79. The van der Waals surface area contributed by atoms with Crippen LogP contribution in [0.15, 0.2) is 12.1 Å². The normalized spacial score (nSPS) is 10.3. The summed E-state index contributed by atoms with van der Waals surface area (Å²) in [6, 6.07) is 3.03. The molecule has 0 aromatic heterocycles. The zero-order valence-corrected chi connectivity index (χ0v) is 7.66. The SMILES string of the molecule is CONCc1cc(O)c(C)cc1O. The zero-order valence-electron chi connectivity index (χ0n) is 7.66. The monoisotopic (exact) mass is 183 g/mol. The van der Waals surface area contributed by atoms with Crippen LogP contribution in [0, 0.1) is 6.92 Å². The summed E-state index contributed by atoms with van der Waals surface area (Å²) in [5.41, 5.74) is 3.83. The standard InChI is InChI=1S/C9H13NO3/c1-6-3-9(12)7(4-8(6)11)5-10-13-2/h3-4,10-12H,5H2,1-2H3. The van der Waals surface area contributed by atoms with Crippen LogP contribution < -0.4 is 5.48 Å². The molecule has 0 heterocycles. The minimum absolute atomic E-state index is 0.153. The van der Waals surface area contributed by atoms with Crippen LogP contribution in [0.3, 0.4) is 0 Å². The molecule has 3 N–H and O–H groups in total. The third kappa shape index (κ3) is 2.34. The van der Waals surface area contributed by atoms with E-state index < -0.39 is 0 Å². The fourth-order valence-electron chi connectivity index (χ4n) is 1.02. The van der Waals surface area contributed by atoms with Gasteiger partial charge in [-0.2, -0.15) is 5.48 Å². The maximum absolute atomic E-state index is 9.44. The van der Waals surface area contributed by atoms with Crippen molar-refractivity contribution in [1.29, 1.82) is 0 Å². The lowest BCUT2D eigenvalue weighted by atomic mass is 10.1. The van der Waals surface area contributed by atoms with Crippen LogP contribution in [0.1, 0.15) is 11.1 Å². The smallest absolute Gasteiger partial charge is 0.120 e. The largest absolute Gasteiger partial charge is 0.508 e. The van der Waals surface area contributed by atoms with Gasteiger partial charge in [-0.3, -0.25) is 0 Å². The number of hydroxylamine groups is 1. The number of nitrogens with one attached hydrogen (secondary N) is 1. The molecule has 0 aliphatic carbocycles. The molecule has 4 heteroatoms. The maximum atomic E-state index is 9.44. The molecule has 0 fully saturated rings. The molecule has 0 saturated heterocycles. The predicted octanol–water partition coefficient (Wildman–Crippen LogP) is 1.06. The summed E-state index contributed by atoms with van der Waals surface area (Å²) >= 11 is 0. The van der Waals surface area contributed by atoms with Gasteiger partial charge >= 0.3 is 0 Å². The van der Waals surface area contributed by atoms with Gasteiger partial charge in [0.05, 0.1) is 7.11 Å². The predicted molar refractivity (Wildman–Crippen MR) is 48.4 cm³/mol. The van der Waals surface area contributed by atoms with E-state index in [0.29, 0.717) is 17.7 Å². The van der Waals surface area contributed by atoms with E-state index in [0.717, 1.165) is 0 Å². The van der Waals surface area contributed by atoms with E-state index in [2.05, 4.69) is 10.3 Å². The molecule has 0 aliphatic heterocycles. The summed E-state index contributed by atoms with van der Waals surface area (Å²) in [6.07, 6.45) is 0. The van der Waals surface area contributed by atoms with Crippen LogP contribution in [-0.2, 0) is 11.4 Å². The van der Waals surface area contributed by atoms with E-state index in [1.807, 2.05) is 0 Å². The maximum Gasteiger partial charge on any atom is 0.120 e. The van der Waals surface area contributed by atoms with Gasteiger partial charge in [-0.15, -0.1) is 0 Å². The number of aryl methyl sites for hydroxylation is 1. The van der Waals surface area contributed by atoms with Crippen LogP contribution in [0.2, 0.25) is 0 Å². The molecule has 4 nitrogen and oxygen atoms in total. The molecule has 13 heavy (non-hydrogen) atoms. The van der Waals surface area contributed by atoms with Gasteiger partial charge in [0.2, 0.25) is 0 Å². The van der Waals surface area contributed by atoms with E-state index in [1.54, 1.807) is 6.92 Å². The van der Waals surface area contributed by atoms with Gasteiger partial charge in [0.25, 0.3) is 0 Å². The van der Waals surface area contributed by atoms with Crippen molar-refractivity contribution >= 4 is 0 Å². The number of aromatic hydroxyl groups is 2. The Balaban J connectivity index is 2.88. The molecule has 0 bridgehead atoms. The first-order valence-electron chi connectivity index (χ1n) is 3.92. The van der Waals surface area contributed by atoms with Crippen molar-refractivity contribution in [3.63, 3.8) is 0 Å². The third-order valence-electron chi connectivity index (χ3n) is 1.80. The lowest BCUT2D eigenvalue weighted by molar-refractivity contribution is 0.0861. The van der Waals surface area contributed by atoms with Crippen molar-refractivity contribution < 1.29 is 15.1 Å². The highest BCUT2D eigenvalue weighted by atomic mass is 16.6. The van der Waals surface area contributed by atoms with Gasteiger partial charge in [0.1, 0.15) is 11.5 Å². The lowest BCUT2D eigenvalue weighted by Gasteiger charge is -2.07. The highest BCUT2D eigenvalue weighted by molar-refractivity contribution is 5.44. The Morgan fingerprint density at radius 1 is 1.31 bits per heavy atom. The number of rotatable bonds is 3. The molecule has 0 atom stereocenters. The van der Waals surface area contributed by atoms with Crippen LogP contribution in [0.5, 0.6) is 11.5 Å². The van der Waals surface area contributed by atoms with Crippen molar-refractivity contribution in [2.24, 2.45) is 0 Å².